The fraction of sp³-hybridized carbons (Fsp3) is 0.450. The summed E-state index contributed by atoms with van der Waals surface area (Å²) in [6, 6.07) is 12.3. The van der Waals surface area contributed by atoms with E-state index in [-0.39, 0.29) is 6.04 Å². The van der Waals surface area contributed by atoms with Crippen LogP contribution in [0.3, 0.4) is 0 Å². The van der Waals surface area contributed by atoms with Crippen molar-refractivity contribution in [2.45, 2.75) is 25.3 Å². The van der Waals surface area contributed by atoms with Crippen molar-refractivity contribution in [3.05, 3.63) is 54.0 Å². The summed E-state index contributed by atoms with van der Waals surface area (Å²) in [5.41, 5.74) is 1.18. The smallest absolute Gasteiger partial charge is 0.191 e. The van der Waals surface area contributed by atoms with Gasteiger partial charge in [-0.3, -0.25) is 4.99 Å². The van der Waals surface area contributed by atoms with Gasteiger partial charge in [0.25, 0.3) is 0 Å². The lowest BCUT2D eigenvalue weighted by atomic mass is 10.0. The van der Waals surface area contributed by atoms with Crippen molar-refractivity contribution < 1.29 is 13.9 Å². The van der Waals surface area contributed by atoms with Crippen molar-refractivity contribution in [1.82, 2.24) is 10.6 Å². The van der Waals surface area contributed by atoms with E-state index in [0.717, 1.165) is 49.8 Å². The zero-order valence-corrected chi connectivity index (χ0v) is 15.2. The number of furan rings is 1. The standard InChI is InChI=1S/C20H27N3O3/c1-24-13-5-11-21-20(22-12-9-16-6-4-14-25-16)23-18-10-15-26-19-8-3-2-7-17(18)19/h2-4,6-8,14,18H,5,9-13,15H2,1H3,(H2,21,22,23). The van der Waals surface area contributed by atoms with Crippen molar-refractivity contribution in [1.29, 1.82) is 0 Å². The van der Waals surface area contributed by atoms with E-state index >= 15 is 0 Å². The third-order valence-electron chi connectivity index (χ3n) is 4.29. The molecule has 0 fully saturated rings. The highest BCUT2D eigenvalue weighted by molar-refractivity contribution is 5.80. The number of aliphatic imine (C=N–C) groups is 1. The van der Waals surface area contributed by atoms with Crippen LogP contribution in [0.2, 0.25) is 0 Å². The molecule has 2 heterocycles. The number of ether oxygens (including phenoxy) is 2. The van der Waals surface area contributed by atoms with Crippen LogP contribution < -0.4 is 15.4 Å². The highest BCUT2D eigenvalue weighted by atomic mass is 16.5. The predicted molar refractivity (Wildman–Crippen MR) is 102 cm³/mol. The lowest BCUT2D eigenvalue weighted by molar-refractivity contribution is 0.197. The molecule has 0 saturated carbocycles. The molecule has 1 atom stereocenters. The predicted octanol–water partition coefficient (Wildman–Crippen LogP) is 2.92. The number of hydrogen-bond acceptors (Lipinski definition) is 4. The highest BCUT2D eigenvalue weighted by Crippen LogP contribution is 2.31. The summed E-state index contributed by atoms with van der Waals surface area (Å²) >= 11 is 0. The van der Waals surface area contributed by atoms with E-state index in [1.54, 1.807) is 13.4 Å². The number of para-hydroxylation sites is 1. The van der Waals surface area contributed by atoms with Crippen LogP contribution in [-0.2, 0) is 11.2 Å². The van der Waals surface area contributed by atoms with Crippen LogP contribution in [0.25, 0.3) is 0 Å². The molecule has 3 rings (SSSR count). The molecular weight excluding hydrogens is 330 g/mol. The minimum absolute atomic E-state index is 0.192. The van der Waals surface area contributed by atoms with E-state index in [1.165, 1.54) is 5.56 Å². The summed E-state index contributed by atoms with van der Waals surface area (Å²) < 4.78 is 16.3. The number of guanidine groups is 1. The van der Waals surface area contributed by atoms with Crippen molar-refractivity contribution in [2.24, 2.45) is 4.99 Å². The molecule has 2 aromatic rings. The van der Waals surface area contributed by atoms with Gasteiger partial charge >= 0.3 is 0 Å². The monoisotopic (exact) mass is 357 g/mol. The molecule has 0 bridgehead atoms. The number of methoxy groups -OCH3 is 1. The highest BCUT2D eigenvalue weighted by Gasteiger charge is 2.21. The number of rotatable bonds is 8. The maximum atomic E-state index is 5.75. The first-order valence-corrected chi connectivity index (χ1v) is 9.14. The van der Waals surface area contributed by atoms with Gasteiger partial charge in [0.1, 0.15) is 11.5 Å². The van der Waals surface area contributed by atoms with Gasteiger partial charge in [-0.25, -0.2) is 0 Å². The summed E-state index contributed by atoms with van der Waals surface area (Å²) in [4.78, 5) is 4.69. The molecule has 26 heavy (non-hydrogen) atoms. The molecule has 6 heteroatoms. The Hall–Kier alpha value is -2.47. The zero-order chi connectivity index (χ0) is 18.0. The Bertz CT molecular complexity index is 685. The van der Waals surface area contributed by atoms with Gasteiger partial charge in [0.05, 0.1) is 18.9 Å². The van der Waals surface area contributed by atoms with Gasteiger partial charge in [-0.15, -0.1) is 0 Å². The molecule has 1 aliphatic rings. The zero-order valence-electron chi connectivity index (χ0n) is 15.2. The van der Waals surface area contributed by atoms with Crippen LogP contribution in [-0.4, -0.2) is 39.4 Å². The van der Waals surface area contributed by atoms with Gasteiger partial charge in [0.2, 0.25) is 0 Å². The van der Waals surface area contributed by atoms with Gasteiger partial charge in [-0.1, -0.05) is 18.2 Å². The Balaban J connectivity index is 1.61. The largest absolute Gasteiger partial charge is 0.493 e. The average molecular weight is 357 g/mol. The Morgan fingerprint density at radius 3 is 3.04 bits per heavy atom. The molecule has 2 N–H and O–H groups in total. The minimum Gasteiger partial charge on any atom is -0.493 e. The van der Waals surface area contributed by atoms with Gasteiger partial charge in [-0.2, -0.15) is 0 Å². The number of fused-ring (bicyclic) bond motifs is 1. The Morgan fingerprint density at radius 2 is 2.19 bits per heavy atom. The van der Waals surface area contributed by atoms with Gasteiger partial charge in [0, 0.05) is 45.2 Å². The summed E-state index contributed by atoms with van der Waals surface area (Å²) in [5.74, 6) is 2.73. The Morgan fingerprint density at radius 1 is 1.27 bits per heavy atom. The van der Waals surface area contributed by atoms with E-state index in [4.69, 9.17) is 18.9 Å². The summed E-state index contributed by atoms with van der Waals surface area (Å²) in [6.07, 6.45) is 4.32. The summed E-state index contributed by atoms with van der Waals surface area (Å²) in [6.45, 7) is 2.89. The van der Waals surface area contributed by atoms with Crippen molar-refractivity contribution in [3.63, 3.8) is 0 Å². The topological polar surface area (TPSA) is 68.0 Å². The van der Waals surface area contributed by atoms with E-state index < -0.39 is 0 Å². The van der Waals surface area contributed by atoms with E-state index in [9.17, 15) is 0 Å². The molecule has 0 aliphatic carbocycles. The van der Waals surface area contributed by atoms with Crippen molar-refractivity contribution in [2.75, 3.05) is 33.4 Å². The van der Waals surface area contributed by atoms with Crippen LogP contribution in [0.15, 0.2) is 52.1 Å². The van der Waals surface area contributed by atoms with Crippen molar-refractivity contribution >= 4 is 5.96 Å². The second kappa shape index (κ2) is 9.87. The lowest BCUT2D eigenvalue weighted by Gasteiger charge is -2.28. The fourth-order valence-corrected chi connectivity index (χ4v) is 2.97. The van der Waals surface area contributed by atoms with E-state index in [1.807, 2.05) is 30.3 Å². The fourth-order valence-electron chi connectivity index (χ4n) is 2.97. The molecule has 140 valence electrons. The summed E-state index contributed by atoms with van der Waals surface area (Å²) in [7, 11) is 1.71. The number of nitrogens with one attached hydrogen (secondary N) is 2. The maximum Gasteiger partial charge on any atom is 0.191 e. The van der Waals surface area contributed by atoms with Crippen LogP contribution in [0.4, 0.5) is 0 Å². The van der Waals surface area contributed by atoms with Crippen LogP contribution in [0.5, 0.6) is 5.75 Å². The van der Waals surface area contributed by atoms with Crippen molar-refractivity contribution in [3.8, 4) is 5.75 Å². The Labute approximate surface area is 154 Å². The lowest BCUT2D eigenvalue weighted by Crippen LogP contribution is -2.42. The normalized spacial score (nSPS) is 16.7. The third kappa shape index (κ3) is 5.26. The van der Waals surface area contributed by atoms with Gasteiger partial charge in [0.15, 0.2) is 5.96 Å². The molecular formula is C20H27N3O3. The number of nitrogens with zero attached hydrogens (tertiary/aromatic N) is 1. The SMILES string of the molecule is COCCCN=C(NCCc1ccco1)NC1CCOc2ccccc21. The second-order valence-corrected chi connectivity index (χ2v) is 6.20. The average Bonchev–Trinajstić information content (AvgIpc) is 3.19. The molecule has 0 spiro atoms. The van der Waals surface area contributed by atoms with E-state index in [2.05, 4.69) is 16.7 Å². The Kier molecular flexibility index (Phi) is 6.96. The first-order valence-electron chi connectivity index (χ1n) is 9.14. The maximum absolute atomic E-state index is 5.75. The van der Waals surface area contributed by atoms with Crippen LogP contribution in [0, 0.1) is 0 Å². The number of benzene rings is 1. The van der Waals surface area contributed by atoms with Crippen LogP contribution >= 0.6 is 0 Å². The second-order valence-electron chi connectivity index (χ2n) is 6.20. The molecule has 0 saturated heterocycles. The molecule has 1 aromatic carbocycles. The first-order chi connectivity index (χ1) is 12.9. The summed E-state index contributed by atoms with van der Waals surface area (Å²) in [5, 5.41) is 6.97. The minimum atomic E-state index is 0.192. The first kappa shape index (κ1) is 18.3. The molecule has 6 nitrogen and oxygen atoms in total. The molecule has 1 aliphatic heterocycles. The quantitative estimate of drug-likeness (QED) is 0.432. The molecule has 0 radical (unpaired) electrons. The molecule has 1 aromatic heterocycles. The van der Waals surface area contributed by atoms with Crippen LogP contribution in [0.1, 0.15) is 30.2 Å². The van der Waals surface area contributed by atoms with Gasteiger partial charge < -0.3 is 24.5 Å². The number of hydrogen-bond donors (Lipinski definition) is 2. The van der Waals surface area contributed by atoms with E-state index in [0.29, 0.717) is 13.2 Å². The molecule has 1 unspecified atom stereocenters. The van der Waals surface area contributed by atoms with Gasteiger partial charge in [-0.05, 0) is 24.6 Å². The molecule has 0 amide bonds. The third-order valence-corrected chi connectivity index (χ3v) is 4.29.